The van der Waals surface area contributed by atoms with Gasteiger partial charge in [-0.05, 0) is 6.07 Å². The molecule has 0 bridgehead atoms. The Morgan fingerprint density at radius 2 is 1.88 bits per heavy atom. The van der Waals surface area contributed by atoms with Crippen LogP contribution in [0.2, 0.25) is 0 Å². The number of carbonyl (C=O) groups is 1. The van der Waals surface area contributed by atoms with Crippen molar-refractivity contribution in [2.45, 2.75) is 0 Å². The van der Waals surface area contributed by atoms with Crippen LogP contribution in [0.3, 0.4) is 0 Å². The van der Waals surface area contributed by atoms with Crippen LogP contribution < -0.4 is 14.4 Å². The van der Waals surface area contributed by atoms with Crippen LogP contribution in [0, 0.1) is 0 Å². The van der Waals surface area contributed by atoms with E-state index in [2.05, 4.69) is 4.99 Å². The molecule has 0 fully saturated rings. The lowest BCUT2D eigenvalue weighted by atomic mass is 10.1. The van der Waals surface area contributed by atoms with Crippen LogP contribution in [0.1, 0.15) is 5.56 Å². The molecule has 0 radical (unpaired) electrons. The first-order valence-electron chi connectivity index (χ1n) is 5.19. The molecule has 0 spiro atoms. The van der Waals surface area contributed by atoms with Gasteiger partial charge in [0.15, 0.2) is 11.5 Å². The lowest BCUT2D eigenvalue weighted by molar-refractivity contribution is -0.116. The first-order valence-corrected chi connectivity index (χ1v) is 5.19. The number of benzene rings is 1. The van der Waals surface area contributed by atoms with Crippen LogP contribution in [0.25, 0.3) is 0 Å². The highest BCUT2D eigenvalue weighted by molar-refractivity contribution is 6.03. The number of aliphatic imine (C=N–C) groups is 1. The molecule has 1 aliphatic heterocycles. The SMILES string of the molecule is COc1cc2c(cc1OC)N(C)C(=O)CN=C2. The Balaban J connectivity index is 2.59. The van der Waals surface area contributed by atoms with E-state index in [4.69, 9.17) is 9.47 Å². The van der Waals surface area contributed by atoms with Crippen LogP contribution in [-0.2, 0) is 4.79 Å². The lowest BCUT2D eigenvalue weighted by Gasteiger charge is -2.19. The minimum atomic E-state index is -0.0489. The summed E-state index contributed by atoms with van der Waals surface area (Å²) in [5.41, 5.74) is 1.62. The van der Waals surface area contributed by atoms with Crippen LogP contribution >= 0.6 is 0 Å². The Kier molecular flexibility index (Phi) is 2.99. The van der Waals surface area contributed by atoms with Crippen LogP contribution in [0.15, 0.2) is 17.1 Å². The average molecular weight is 234 g/mol. The lowest BCUT2D eigenvalue weighted by Crippen LogP contribution is -2.27. The van der Waals surface area contributed by atoms with Gasteiger partial charge in [-0.25, -0.2) is 0 Å². The van der Waals surface area contributed by atoms with E-state index in [1.807, 2.05) is 6.07 Å². The molecule has 90 valence electrons. The molecule has 0 N–H and O–H groups in total. The molecule has 0 atom stereocenters. The molecule has 5 nitrogen and oxygen atoms in total. The van der Waals surface area contributed by atoms with E-state index >= 15 is 0 Å². The molecule has 1 aromatic rings. The van der Waals surface area contributed by atoms with Crippen molar-refractivity contribution in [3.05, 3.63) is 17.7 Å². The highest BCUT2D eigenvalue weighted by Gasteiger charge is 2.19. The van der Waals surface area contributed by atoms with E-state index in [0.29, 0.717) is 11.5 Å². The molecule has 1 aliphatic rings. The fraction of sp³-hybridized carbons (Fsp3) is 0.333. The number of methoxy groups -OCH3 is 2. The Bertz CT molecular complexity index is 483. The van der Waals surface area contributed by atoms with Crippen molar-refractivity contribution in [1.29, 1.82) is 0 Å². The van der Waals surface area contributed by atoms with E-state index in [-0.39, 0.29) is 12.5 Å². The summed E-state index contributed by atoms with van der Waals surface area (Å²) in [4.78, 5) is 17.3. The summed E-state index contributed by atoms with van der Waals surface area (Å²) in [6, 6.07) is 3.59. The Labute approximate surface area is 99.7 Å². The number of amides is 1. The topological polar surface area (TPSA) is 51.1 Å². The Hall–Kier alpha value is -2.04. The fourth-order valence-electron chi connectivity index (χ4n) is 1.74. The maximum atomic E-state index is 11.7. The highest BCUT2D eigenvalue weighted by Crippen LogP contribution is 2.34. The van der Waals surface area contributed by atoms with Crippen LogP contribution in [0.5, 0.6) is 11.5 Å². The van der Waals surface area contributed by atoms with Gasteiger partial charge >= 0.3 is 0 Å². The van der Waals surface area contributed by atoms with Crippen molar-refractivity contribution in [2.75, 3.05) is 32.7 Å². The third kappa shape index (κ3) is 1.95. The van der Waals surface area contributed by atoms with Crippen molar-refractivity contribution in [3.63, 3.8) is 0 Å². The van der Waals surface area contributed by atoms with Gasteiger partial charge in [0.05, 0.1) is 19.9 Å². The number of rotatable bonds is 2. The van der Waals surface area contributed by atoms with E-state index in [1.54, 1.807) is 38.4 Å². The minimum Gasteiger partial charge on any atom is -0.493 e. The average Bonchev–Trinajstić information content (AvgIpc) is 2.48. The molecule has 0 aliphatic carbocycles. The van der Waals surface area contributed by atoms with Crippen molar-refractivity contribution in [1.82, 2.24) is 0 Å². The quantitative estimate of drug-likeness (QED) is 0.770. The summed E-state index contributed by atoms with van der Waals surface area (Å²) in [6.45, 7) is 0.163. The minimum absolute atomic E-state index is 0.0489. The van der Waals surface area contributed by atoms with Crippen molar-refractivity contribution >= 4 is 17.8 Å². The number of ether oxygens (including phenoxy) is 2. The summed E-state index contributed by atoms with van der Waals surface area (Å²) in [7, 11) is 4.87. The molecule has 17 heavy (non-hydrogen) atoms. The summed E-state index contributed by atoms with van der Waals surface area (Å²) >= 11 is 0. The summed E-state index contributed by atoms with van der Waals surface area (Å²) in [6.07, 6.45) is 1.68. The fourth-order valence-corrected chi connectivity index (χ4v) is 1.74. The Morgan fingerprint density at radius 1 is 1.24 bits per heavy atom. The zero-order chi connectivity index (χ0) is 12.4. The second kappa shape index (κ2) is 4.45. The summed E-state index contributed by atoms with van der Waals surface area (Å²) in [5, 5.41) is 0. The zero-order valence-corrected chi connectivity index (χ0v) is 10.1. The number of hydrogen-bond donors (Lipinski definition) is 0. The van der Waals surface area contributed by atoms with Gasteiger partial charge in [0.2, 0.25) is 5.91 Å². The second-order valence-corrected chi connectivity index (χ2v) is 3.69. The molecule has 2 rings (SSSR count). The van der Waals surface area contributed by atoms with Crippen LogP contribution in [0.4, 0.5) is 5.69 Å². The van der Waals surface area contributed by atoms with E-state index < -0.39 is 0 Å². The standard InChI is InChI=1S/C12H14N2O3/c1-14-9-5-11(17-3)10(16-2)4-8(9)6-13-7-12(14)15/h4-6H,7H2,1-3H3. The van der Waals surface area contributed by atoms with Gasteiger partial charge in [0.1, 0.15) is 6.54 Å². The van der Waals surface area contributed by atoms with Gasteiger partial charge in [0.25, 0.3) is 0 Å². The van der Waals surface area contributed by atoms with Gasteiger partial charge in [-0.15, -0.1) is 0 Å². The monoisotopic (exact) mass is 234 g/mol. The molecule has 1 heterocycles. The number of anilines is 1. The summed E-state index contributed by atoms with van der Waals surface area (Å²) in [5.74, 6) is 1.17. The van der Waals surface area contributed by atoms with Gasteiger partial charge in [0, 0.05) is 24.9 Å². The maximum absolute atomic E-state index is 11.7. The first-order chi connectivity index (χ1) is 8.17. The molecule has 0 saturated heterocycles. The van der Waals surface area contributed by atoms with Crippen molar-refractivity contribution < 1.29 is 14.3 Å². The number of benzodiazepines with no additional fused rings is 1. The van der Waals surface area contributed by atoms with Gasteiger partial charge in [-0.1, -0.05) is 0 Å². The Morgan fingerprint density at radius 3 is 2.53 bits per heavy atom. The van der Waals surface area contributed by atoms with Crippen molar-refractivity contribution in [2.24, 2.45) is 4.99 Å². The smallest absolute Gasteiger partial charge is 0.248 e. The molecule has 5 heteroatoms. The molecular weight excluding hydrogens is 220 g/mol. The van der Waals surface area contributed by atoms with Gasteiger partial charge in [-0.2, -0.15) is 0 Å². The normalized spacial score (nSPS) is 14.3. The third-order valence-electron chi connectivity index (χ3n) is 2.73. The number of carbonyl (C=O) groups excluding carboxylic acids is 1. The third-order valence-corrected chi connectivity index (χ3v) is 2.73. The van der Waals surface area contributed by atoms with Crippen molar-refractivity contribution in [3.8, 4) is 11.5 Å². The van der Waals surface area contributed by atoms with E-state index in [0.717, 1.165) is 11.3 Å². The molecule has 0 unspecified atom stereocenters. The van der Waals surface area contributed by atoms with Crippen LogP contribution in [-0.4, -0.2) is 39.9 Å². The molecule has 0 saturated carbocycles. The largest absolute Gasteiger partial charge is 0.493 e. The number of fused-ring (bicyclic) bond motifs is 1. The molecule has 1 amide bonds. The zero-order valence-electron chi connectivity index (χ0n) is 10.1. The highest BCUT2D eigenvalue weighted by atomic mass is 16.5. The second-order valence-electron chi connectivity index (χ2n) is 3.69. The molecular formula is C12H14N2O3. The first kappa shape index (κ1) is 11.4. The number of nitrogens with zero attached hydrogens (tertiary/aromatic N) is 2. The molecule has 1 aromatic carbocycles. The van der Waals surface area contributed by atoms with E-state index in [1.165, 1.54) is 0 Å². The van der Waals surface area contributed by atoms with Gasteiger partial charge in [-0.3, -0.25) is 9.79 Å². The maximum Gasteiger partial charge on any atom is 0.248 e. The van der Waals surface area contributed by atoms with Gasteiger partial charge < -0.3 is 14.4 Å². The number of hydrogen-bond acceptors (Lipinski definition) is 4. The predicted molar refractivity (Wildman–Crippen MR) is 65.4 cm³/mol. The molecule has 0 aromatic heterocycles. The number of likely N-dealkylation sites (N-methyl/N-ethyl adjacent to an activating group) is 1. The van der Waals surface area contributed by atoms with E-state index in [9.17, 15) is 4.79 Å². The summed E-state index contributed by atoms with van der Waals surface area (Å²) < 4.78 is 10.4. The predicted octanol–water partition coefficient (Wildman–Crippen LogP) is 1.10.